The lowest BCUT2D eigenvalue weighted by atomic mass is 9.87. The monoisotopic (exact) mass is 494 g/mol. The number of aryl methyl sites for hydroxylation is 1. The molecule has 0 bridgehead atoms. The van der Waals surface area contributed by atoms with Crippen molar-refractivity contribution in [1.29, 1.82) is 0 Å². The number of hydrogen-bond donors (Lipinski definition) is 6. The van der Waals surface area contributed by atoms with E-state index in [0.29, 0.717) is 0 Å². The molecule has 15 nitrogen and oxygen atoms in total. The molecule has 5 atom stereocenters. The van der Waals surface area contributed by atoms with Crippen LogP contribution in [0.1, 0.15) is 31.4 Å². The third-order valence-electron chi connectivity index (χ3n) is 4.51. The highest BCUT2D eigenvalue weighted by molar-refractivity contribution is 7.66. The van der Waals surface area contributed by atoms with Gasteiger partial charge in [-0.1, -0.05) is 6.92 Å². The molecule has 1 fully saturated rings. The number of hydrogen-bond acceptors (Lipinski definition) is 9. The van der Waals surface area contributed by atoms with Gasteiger partial charge in [0.25, 0.3) is 5.56 Å². The van der Waals surface area contributed by atoms with Gasteiger partial charge < -0.3 is 24.7 Å². The number of aliphatic hydroxyl groups excluding tert-OH is 1. The first-order chi connectivity index (χ1) is 13.4. The molecule has 0 spiro atoms. The molecule has 2 rings (SSSR count). The molecule has 18 heteroatoms. The number of rotatable bonds is 8. The zero-order valence-corrected chi connectivity index (χ0v) is 18.3. The highest BCUT2D eigenvalue weighted by atomic mass is 31.3. The van der Waals surface area contributed by atoms with Gasteiger partial charge in [-0.2, -0.15) is 8.62 Å². The van der Waals surface area contributed by atoms with Crippen LogP contribution >= 0.6 is 23.5 Å². The molecule has 1 aromatic rings. The number of phosphoric ester groups is 1. The van der Waals surface area contributed by atoms with E-state index in [1.165, 1.54) is 24.6 Å². The molecule has 0 aliphatic heterocycles. The Morgan fingerprint density at radius 3 is 2.33 bits per heavy atom. The Morgan fingerprint density at radius 1 is 1.17 bits per heavy atom. The molecular formula is C12H21N2O13P3. The normalized spacial score (nSPS) is 28.8. The lowest BCUT2D eigenvalue weighted by Crippen LogP contribution is -2.33. The van der Waals surface area contributed by atoms with Crippen LogP contribution in [-0.2, 0) is 26.8 Å². The maximum Gasteiger partial charge on any atom is 0.490 e. The van der Waals surface area contributed by atoms with Crippen molar-refractivity contribution < 1.29 is 51.5 Å². The van der Waals surface area contributed by atoms with Gasteiger partial charge in [-0.05, 0) is 19.8 Å². The van der Waals surface area contributed by atoms with Crippen molar-refractivity contribution in [2.24, 2.45) is 5.41 Å². The summed E-state index contributed by atoms with van der Waals surface area (Å²) in [6.07, 6.45) is 0.248. The van der Waals surface area contributed by atoms with E-state index >= 15 is 0 Å². The second kappa shape index (κ2) is 8.53. The number of nitrogens with one attached hydrogen (secondary N) is 1. The Kier molecular flexibility index (Phi) is 7.20. The van der Waals surface area contributed by atoms with E-state index in [2.05, 4.69) is 18.1 Å². The molecule has 0 aromatic carbocycles. The van der Waals surface area contributed by atoms with Gasteiger partial charge in [-0.25, -0.2) is 18.5 Å². The lowest BCUT2D eigenvalue weighted by molar-refractivity contribution is 0.0188. The fourth-order valence-electron chi connectivity index (χ4n) is 3.06. The molecule has 1 aliphatic rings. The summed E-state index contributed by atoms with van der Waals surface area (Å²) < 4.78 is 46.9. The summed E-state index contributed by atoms with van der Waals surface area (Å²) in [5.74, 6) is 0. The molecule has 6 N–H and O–H groups in total. The second-order valence-corrected chi connectivity index (χ2v) is 11.5. The minimum atomic E-state index is -5.65. The van der Waals surface area contributed by atoms with Gasteiger partial charge in [-0.15, -0.1) is 0 Å². The zero-order valence-electron chi connectivity index (χ0n) is 15.6. The Labute approximate surface area is 168 Å². The maximum atomic E-state index is 12.0. The molecular weight excluding hydrogens is 473 g/mol. The predicted molar refractivity (Wildman–Crippen MR) is 98.3 cm³/mol. The molecule has 1 aliphatic carbocycles. The van der Waals surface area contributed by atoms with Crippen LogP contribution in [0.3, 0.4) is 0 Å². The average Bonchev–Trinajstić information content (AvgIpc) is 2.81. The van der Waals surface area contributed by atoms with Gasteiger partial charge in [0.15, 0.2) is 0 Å². The fourth-order valence-corrected chi connectivity index (χ4v) is 6.21. The van der Waals surface area contributed by atoms with E-state index in [-0.39, 0.29) is 18.4 Å². The first-order valence-corrected chi connectivity index (χ1v) is 12.7. The molecule has 0 saturated heterocycles. The Hall–Kier alpha value is -0.950. The van der Waals surface area contributed by atoms with Crippen molar-refractivity contribution in [3.05, 3.63) is 32.6 Å². The highest BCUT2D eigenvalue weighted by Gasteiger charge is 2.47. The van der Waals surface area contributed by atoms with Crippen LogP contribution in [0, 0.1) is 12.3 Å². The predicted octanol–water partition coefficient (Wildman–Crippen LogP) is -0.110. The SMILES string of the molecule is Cc1cn([C@H]2C[C@H](O)[C@@](C)(COP(=O)(O)OP(=O)(O)OP(=O)(O)O)C2)c(=O)[nH]c1=O. The van der Waals surface area contributed by atoms with Crippen LogP contribution in [0.25, 0.3) is 0 Å². The van der Waals surface area contributed by atoms with Crippen molar-refractivity contribution in [3.63, 3.8) is 0 Å². The Balaban J connectivity index is 2.11. The number of phosphoric acid groups is 3. The molecule has 1 heterocycles. The highest BCUT2D eigenvalue weighted by Crippen LogP contribution is 2.66. The van der Waals surface area contributed by atoms with Gasteiger partial charge in [0.1, 0.15) is 0 Å². The number of aromatic amines is 1. The summed E-state index contributed by atoms with van der Waals surface area (Å²) in [6.45, 7) is 2.24. The van der Waals surface area contributed by atoms with Gasteiger partial charge in [0.05, 0.1) is 12.7 Å². The van der Waals surface area contributed by atoms with Crippen molar-refractivity contribution in [3.8, 4) is 0 Å². The summed E-state index contributed by atoms with van der Waals surface area (Å²) in [5.41, 5.74) is -2.24. The first kappa shape index (κ1) is 25.3. The smallest absolute Gasteiger partial charge is 0.392 e. The van der Waals surface area contributed by atoms with E-state index < -0.39 is 58.9 Å². The summed E-state index contributed by atoms with van der Waals surface area (Å²) in [7, 11) is -16.5. The van der Waals surface area contributed by atoms with Gasteiger partial charge in [0.2, 0.25) is 0 Å². The minimum Gasteiger partial charge on any atom is -0.392 e. The molecule has 172 valence electrons. The molecule has 2 unspecified atom stereocenters. The number of nitrogens with zero attached hydrogens (tertiary/aromatic N) is 1. The average molecular weight is 494 g/mol. The largest absolute Gasteiger partial charge is 0.490 e. The topological polar surface area (TPSA) is 235 Å². The van der Waals surface area contributed by atoms with Crippen LogP contribution < -0.4 is 11.2 Å². The Morgan fingerprint density at radius 2 is 1.77 bits per heavy atom. The summed E-state index contributed by atoms with van der Waals surface area (Å²) in [5, 5.41) is 10.4. The van der Waals surface area contributed by atoms with Crippen molar-refractivity contribution in [1.82, 2.24) is 9.55 Å². The van der Waals surface area contributed by atoms with E-state index in [9.17, 15) is 33.3 Å². The molecule has 1 aromatic heterocycles. The molecule has 0 amide bonds. The fraction of sp³-hybridized carbons (Fsp3) is 0.667. The van der Waals surface area contributed by atoms with Gasteiger partial charge in [0, 0.05) is 23.2 Å². The van der Waals surface area contributed by atoms with Crippen LogP contribution in [0.5, 0.6) is 0 Å². The van der Waals surface area contributed by atoms with Crippen molar-refractivity contribution in [2.45, 2.75) is 38.8 Å². The quantitative estimate of drug-likeness (QED) is 0.259. The second-order valence-electron chi connectivity index (χ2n) is 7.11. The van der Waals surface area contributed by atoms with Crippen LogP contribution in [0.2, 0.25) is 0 Å². The van der Waals surface area contributed by atoms with Crippen LogP contribution in [0.15, 0.2) is 15.8 Å². The first-order valence-electron chi connectivity index (χ1n) is 8.21. The molecule has 0 radical (unpaired) electrons. The van der Waals surface area contributed by atoms with E-state index in [4.69, 9.17) is 14.7 Å². The van der Waals surface area contributed by atoms with Gasteiger partial charge >= 0.3 is 29.2 Å². The van der Waals surface area contributed by atoms with Crippen LogP contribution in [0.4, 0.5) is 0 Å². The third-order valence-corrected chi connectivity index (χ3v) is 8.30. The maximum absolute atomic E-state index is 12.0. The molecule has 1 saturated carbocycles. The van der Waals surface area contributed by atoms with Crippen molar-refractivity contribution >= 4 is 23.5 Å². The third kappa shape index (κ3) is 6.52. The van der Waals surface area contributed by atoms with Gasteiger partial charge in [-0.3, -0.25) is 18.9 Å². The van der Waals surface area contributed by atoms with Crippen molar-refractivity contribution in [2.75, 3.05) is 6.61 Å². The van der Waals surface area contributed by atoms with E-state index in [1.54, 1.807) is 0 Å². The molecule has 30 heavy (non-hydrogen) atoms. The standard InChI is InChI=1S/C12H21N2O13P3/c1-7-5-14(11(17)13-10(7)16)8-3-9(15)12(2,4-8)6-25-29(21,22)27-30(23,24)26-28(18,19)20/h5,8-9,15H,3-4,6H2,1-2H3,(H,21,22)(H,23,24)(H,13,16,17)(H2,18,19,20)/t8-,9-,12+/m0/s1. The van der Waals surface area contributed by atoms with Crippen LogP contribution in [-0.4, -0.2) is 46.9 Å². The lowest BCUT2D eigenvalue weighted by Gasteiger charge is -2.28. The summed E-state index contributed by atoms with van der Waals surface area (Å²) in [6, 6.07) is -0.599. The summed E-state index contributed by atoms with van der Waals surface area (Å²) >= 11 is 0. The number of aromatic nitrogens is 2. The number of aliphatic hydroxyl groups is 1. The summed E-state index contributed by atoms with van der Waals surface area (Å²) in [4.78, 5) is 61.4. The van der Waals surface area contributed by atoms with E-state index in [0.717, 1.165) is 0 Å². The number of H-pyrrole nitrogens is 1. The van der Waals surface area contributed by atoms with E-state index in [1.807, 2.05) is 0 Å². The zero-order chi connectivity index (χ0) is 23.1. The minimum absolute atomic E-state index is 0.0294. The Bertz CT molecular complexity index is 1060.